The topological polar surface area (TPSA) is 62.1 Å². The number of nitrogens with one attached hydrogen (secondary N) is 1. The lowest BCUT2D eigenvalue weighted by Crippen LogP contribution is -2.09. The second-order valence-electron chi connectivity index (χ2n) is 4.43. The third kappa shape index (κ3) is 4.36. The van der Waals surface area contributed by atoms with Crippen molar-refractivity contribution < 1.29 is 9.53 Å². The Morgan fingerprint density at radius 3 is 2.57 bits per heavy atom. The smallest absolute Gasteiger partial charge is 0.340 e. The van der Waals surface area contributed by atoms with Crippen LogP contribution < -0.4 is 5.32 Å². The van der Waals surface area contributed by atoms with Crippen molar-refractivity contribution in [1.29, 1.82) is 5.26 Å². The molecule has 2 aromatic carbocycles. The van der Waals surface area contributed by atoms with Gasteiger partial charge in [0.25, 0.3) is 0 Å². The molecule has 0 aromatic heterocycles. The van der Waals surface area contributed by atoms with E-state index in [0.717, 1.165) is 5.69 Å². The van der Waals surface area contributed by atoms with Gasteiger partial charge in [-0.2, -0.15) is 5.26 Å². The van der Waals surface area contributed by atoms with E-state index in [0.29, 0.717) is 24.1 Å². The Kier molecular flexibility index (Phi) is 5.36. The SMILES string of the molecule is N#CCCCOC(=O)c1ccccc1Nc1ccccc1. The lowest BCUT2D eigenvalue weighted by Gasteiger charge is -2.11. The van der Waals surface area contributed by atoms with Crippen molar-refractivity contribution in [2.45, 2.75) is 12.8 Å². The molecular formula is C17H16N2O2. The van der Waals surface area contributed by atoms with Crippen molar-refractivity contribution in [3.63, 3.8) is 0 Å². The predicted octanol–water partition coefficient (Wildman–Crippen LogP) is 3.89. The van der Waals surface area contributed by atoms with Crippen LogP contribution in [0.1, 0.15) is 23.2 Å². The Labute approximate surface area is 124 Å². The molecule has 21 heavy (non-hydrogen) atoms. The number of hydrogen-bond acceptors (Lipinski definition) is 4. The minimum absolute atomic E-state index is 0.256. The van der Waals surface area contributed by atoms with Crippen molar-refractivity contribution in [3.8, 4) is 6.07 Å². The summed E-state index contributed by atoms with van der Waals surface area (Å²) in [7, 11) is 0. The second kappa shape index (κ2) is 7.71. The Morgan fingerprint density at radius 1 is 1.10 bits per heavy atom. The number of rotatable bonds is 6. The maximum atomic E-state index is 12.1. The molecule has 0 aliphatic carbocycles. The summed E-state index contributed by atoms with van der Waals surface area (Å²) in [5, 5.41) is 11.7. The first-order valence-corrected chi connectivity index (χ1v) is 6.76. The zero-order valence-electron chi connectivity index (χ0n) is 11.6. The molecule has 4 heteroatoms. The van der Waals surface area contributed by atoms with Gasteiger partial charge in [-0.15, -0.1) is 0 Å². The summed E-state index contributed by atoms with van der Waals surface area (Å²) in [5.41, 5.74) is 2.09. The molecule has 0 heterocycles. The monoisotopic (exact) mass is 280 g/mol. The molecule has 2 rings (SSSR count). The molecule has 0 spiro atoms. The van der Waals surface area contributed by atoms with Crippen LogP contribution >= 0.6 is 0 Å². The molecule has 0 bridgehead atoms. The summed E-state index contributed by atoms with van der Waals surface area (Å²) in [6.45, 7) is 0.256. The van der Waals surface area contributed by atoms with Crippen molar-refractivity contribution in [2.75, 3.05) is 11.9 Å². The van der Waals surface area contributed by atoms with Crippen LogP contribution in [0.25, 0.3) is 0 Å². The Bertz CT molecular complexity index is 633. The standard InChI is InChI=1S/C17H16N2O2/c18-12-6-7-13-21-17(20)15-10-4-5-11-16(15)19-14-8-2-1-3-9-14/h1-5,8-11,19H,6-7,13H2. The van der Waals surface area contributed by atoms with E-state index in [1.54, 1.807) is 12.1 Å². The van der Waals surface area contributed by atoms with Gasteiger partial charge in [0.15, 0.2) is 0 Å². The molecule has 2 aromatic rings. The van der Waals surface area contributed by atoms with E-state index in [2.05, 4.69) is 5.32 Å². The molecule has 0 aliphatic rings. The van der Waals surface area contributed by atoms with Crippen molar-refractivity contribution >= 4 is 17.3 Å². The number of para-hydroxylation sites is 2. The van der Waals surface area contributed by atoms with E-state index in [-0.39, 0.29) is 12.6 Å². The van der Waals surface area contributed by atoms with Crippen LogP contribution in [0, 0.1) is 11.3 Å². The fourth-order valence-electron chi connectivity index (χ4n) is 1.84. The molecule has 0 amide bonds. The van der Waals surface area contributed by atoms with E-state index in [9.17, 15) is 4.79 Å². The number of hydrogen-bond donors (Lipinski definition) is 1. The van der Waals surface area contributed by atoms with Gasteiger partial charge < -0.3 is 10.1 Å². The normalized spacial score (nSPS) is 9.67. The van der Waals surface area contributed by atoms with Crippen LogP contribution in [-0.2, 0) is 4.74 Å². The van der Waals surface area contributed by atoms with Gasteiger partial charge in [0.1, 0.15) is 0 Å². The fraction of sp³-hybridized carbons (Fsp3) is 0.176. The lowest BCUT2D eigenvalue weighted by molar-refractivity contribution is 0.0503. The highest BCUT2D eigenvalue weighted by Crippen LogP contribution is 2.21. The van der Waals surface area contributed by atoms with Crippen molar-refractivity contribution in [3.05, 3.63) is 60.2 Å². The average Bonchev–Trinajstić information content (AvgIpc) is 2.53. The van der Waals surface area contributed by atoms with Crippen molar-refractivity contribution in [2.24, 2.45) is 0 Å². The molecule has 0 radical (unpaired) electrons. The van der Waals surface area contributed by atoms with Gasteiger partial charge in [-0.3, -0.25) is 0 Å². The number of ether oxygens (including phenoxy) is 1. The number of nitrogens with zero attached hydrogens (tertiary/aromatic N) is 1. The second-order valence-corrected chi connectivity index (χ2v) is 4.43. The fourth-order valence-corrected chi connectivity index (χ4v) is 1.84. The largest absolute Gasteiger partial charge is 0.462 e. The number of nitriles is 1. The molecule has 0 saturated carbocycles. The van der Waals surface area contributed by atoms with Crippen LogP contribution in [0.4, 0.5) is 11.4 Å². The summed E-state index contributed by atoms with van der Waals surface area (Å²) in [5.74, 6) is -0.382. The lowest BCUT2D eigenvalue weighted by atomic mass is 10.1. The summed E-state index contributed by atoms with van der Waals surface area (Å²) in [6.07, 6.45) is 0.938. The highest BCUT2D eigenvalue weighted by molar-refractivity contribution is 5.96. The molecule has 4 nitrogen and oxygen atoms in total. The Balaban J connectivity index is 2.06. The average molecular weight is 280 g/mol. The minimum Gasteiger partial charge on any atom is -0.462 e. The van der Waals surface area contributed by atoms with Crippen LogP contribution in [0.3, 0.4) is 0 Å². The Hall–Kier alpha value is -2.80. The van der Waals surface area contributed by atoms with Gasteiger partial charge in [0, 0.05) is 12.1 Å². The van der Waals surface area contributed by atoms with Crippen LogP contribution in [0.5, 0.6) is 0 Å². The quantitative estimate of drug-likeness (QED) is 0.644. The zero-order valence-corrected chi connectivity index (χ0v) is 11.6. The molecule has 1 N–H and O–H groups in total. The van der Waals surface area contributed by atoms with E-state index in [4.69, 9.17) is 10.00 Å². The summed E-state index contributed by atoms with van der Waals surface area (Å²) >= 11 is 0. The highest BCUT2D eigenvalue weighted by Gasteiger charge is 2.12. The summed E-state index contributed by atoms with van der Waals surface area (Å²) < 4.78 is 5.18. The maximum absolute atomic E-state index is 12.1. The van der Waals surface area contributed by atoms with Gasteiger partial charge in [-0.05, 0) is 30.7 Å². The number of benzene rings is 2. The van der Waals surface area contributed by atoms with E-state index in [1.165, 1.54) is 0 Å². The molecule has 0 unspecified atom stereocenters. The van der Waals surface area contributed by atoms with Gasteiger partial charge >= 0.3 is 5.97 Å². The van der Waals surface area contributed by atoms with Crippen molar-refractivity contribution in [1.82, 2.24) is 0 Å². The van der Waals surface area contributed by atoms with Gasteiger partial charge in [0.05, 0.1) is 23.9 Å². The van der Waals surface area contributed by atoms with E-state index in [1.807, 2.05) is 48.5 Å². The minimum atomic E-state index is -0.382. The summed E-state index contributed by atoms with van der Waals surface area (Å²) in [4.78, 5) is 12.1. The molecule has 0 atom stereocenters. The third-order valence-electron chi connectivity index (χ3n) is 2.87. The Morgan fingerprint density at radius 2 is 1.81 bits per heavy atom. The molecule has 106 valence electrons. The molecule has 0 fully saturated rings. The first kappa shape index (κ1) is 14.6. The van der Waals surface area contributed by atoms with Crippen LogP contribution in [0.2, 0.25) is 0 Å². The predicted molar refractivity (Wildman–Crippen MR) is 81.3 cm³/mol. The van der Waals surface area contributed by atoms with Crippen LogP contribution in [-0.4, -0.2) is 12.6 Å². The number of esters is 1. The first-order chi connectivity index (χ1) is 10.3. The zero-order chi connectivity index (χ0) is 14.9. The van der Waals surface area contributed by atoms with Crippen LogP contribution in [0.15, 0.2) is 54.6 Å². The molecular weight excluding hydrogens is 264 g/mol. The summed E-state index contributed by atoms with van der Waals surface area (Å²) in [6, 6.07) is 18.9. The van der Waals surface area contributed by atoms with Gasteiger partial charge in [-0.25, -0.2) is 4.79 Å². The van der Waals surface area contributed by atoms with Gasteiger partial charge in [0.2, 0.25) is 0 Å². The molecule has 0 aliphatic heterocycles. The number of anilines is 2. The van der Waals surface area contributed by atoms with E-state index < -0.39 is 0 Å². The number of carbonyl (C=O) groups excluding carboxylic acids is 1. The molecule has 0 saturated heterocycles. The van der Waals surface area contributed by atoms with E-state index >= 15 is 0 Å². The highest BCUT2D eigenvalue weighted by atomic mass is 16.5. The third-order valence-corrected chi connectivity index (χ3v) is 2.87. The first-order valence-electron chi connectivity index (χ1n) is 6.76. The van der Waals surface area contributed by atoms with Gasteiger partial charge in [-0.1, -0.05) is 30.3 Å². The number of carbonyl (C=O) groups is 1. The number of unbranched alkanes of at least 4 members (excludes halogenated alkanes) is 1. The maximum Gasteiger partial charge on any atom is 0.340 e.